The highest BCUT2D eigenvalue weighted by Gasteiger charge is 2.21. The zero-order valence-corrected chi connectivity index (χ0v) is 36.2. The lowest BCUT2D eigenvalue weighted by molar-refractivity contribution is 0.670. The molecular formula is C59H34N4OS2. The normalized spacial score (nSPS) is 13.4. The van der Waals surface area contributed by atoms with Crippen LogP contribution in [0.5, 0.6) is 0 Å². The first-order valence-corrected chi connectivity index (χ1v) is 23.1. The maximum absolute atomic E-state index is 9.21. The Hall–Kier alpha value is -8.23. The Morgan fingerprint density at radius 1 is 0.455 bits per heavy atom. The minimum absolute atomic E-state index is 0.0657. The number of para-hydroxylation sites is 5. The van der Waals surface area contributed by atoms with Crippen molar-refractivity contribution in [3.63, 3.8) is 0 Å². The minimum Gasteiger partial charge on any atom is -0.455 e. The van der Waals surface area contributed by atoms with E-state index in [-0.39, 0.29) is 52.0 Å². The molecule has 0 N–H and O–H groups in total. The average Bonchev–Trinajstić information content (AvgIpc) is 4.23. The molecule has 66 heavy (non-hydrogen) atoms. The number of rotatable bonds is 6. The van der Waals surface area contributed by atoms with E-state index in [0.717, 1.165) is 80.9 Å². The fourth-order valence-electron chi connectivity index (χ4n) is 9.47. The van der Waals surface area contributed by atoms with Gasteiger partial charge in [-0.3, -0.25) is 0 Å². The first-order valence-electron chi connectivity index (χ1n) is 24.9. The van der Waals surface area contributed by atoms with E-state index in [2.05, 4.69) is 84.9 Å². The molecule has 0 amide bonds. The molecule has 0 spiro atoms. The van der Waals surface area contributed by atoms with Gasteiger partial charge in [0, 0.05) is 68.7 Å². The summed E-state index contributed by atoms with van der Waals surface area (Å²) in [5.41, 5.74) is 8.66. The SMILES string of the molecule is [2H]c1cc([2H])c2c(c1[2H])c1c([2H])c([2H])c([2H])c([2H])c1n2-c1ccccc1-c1nc(-c2cccc(-c3cccc4c3sc3ccc(-c5cccc6c5oc5ccccc56)cc34)c2)nc(-c2cccc3ccsc23)n1. The summed E-state index contributed by atoms with van der Waals surface area (Å²) < 4.78 is 73.7. The summed E-state index contributed by atoms with van der Waals surface area (Å²) in [5, 5.41) is 7.75. The van der Waals surface area contributed by atoms with Gasteiger partial charge in [0.1, 0.15) is 11.2 Å². The quantitative estimate of drug-likeness (QED) is 0.167. The highest BCUT2D eigenvalue weighted by Crippen LogP contribution is 2.44. The maximum Gasteiger partial charge on any atom is 0.166 e. The molecule has 5 nitrogen and oxygen atoms in total. The smallest absolute Gasteiger partial charge is 0.166 e. The van der Waals surface area contributed by atoms with Crippen molar-refractivity contribution in [1.29, 1.82) is 0 Å². The van der Waals surface area contributed by atoms with Gasteiger partial charge in [0.2, 0.25) is 0 Å². The summed E-state index contributed by atoms with van der Waals surface area (Å²) in [4.78, 5) is 15.6. The van der Waals surface area contributed by atoms with Crippen LogP contribution >= 0.6 is 22.7 Å². The van der Waals surface area contributed by atoms with E-state index in [1.165, 1.54) is 10.8 Å². The summed E-state index contributed by atoms with van der Waals surface area (Å²) in [6.07, 6.45) is 0. The molecule has 0 unspecified atom stereocenters. The number of fused-ring (bicyclic) bond motifs is 10. The molecule has 0 atom stereocenters. The topological polar surface area (TPSA) is 56.7 Å². The van der Waals surface area contributed by atoms with Gasteiger partial charge in [-0.05, 0) is 88.1 Å². The van der Waals surface area contributed by atoms with Gasteiger partial charge in [-0.15, -0.1) is 22.7 Å². The van der Waals surface area contributed by atoms with E-state index >= 15 is 0 Å². The maximum atomic E-state index is 9.21. The third-order valence-corrected chi connectivity index (χ3v) is 14.6. The molecule has 0 aliphatic carbocycles. The summed E-state index contributed by atoms with van der Waals surface area (Å²) in [7, 11) is 0. The highest BCUT2D eigenvalue weighted by molar-refractivity contribution is 7.26. The standard InChI is InChI=1S/C59H34N4OS2/c1-5-25-49-41(16-1)42-17-2-6-26-50(42)63(49)51-27-7-3-19-46(51)58-60-57(61-59(62-58)47-24-10-13-35-31-32-65-55(35)47)38-15-9-14-36(33-38)40-21-12-23-45-48-34-37(29-30-53(48)66-56(40)45)39-20-11-22-44-43-18-4-8-28-52(43)64-54(39)44/h1-34H/i1D,2D,5D,16D,17D,25D,26D. The lowest BCUT2D eigenvalue weighted by atomic mass is 9.98. The van der Waals surface area contributed by atoms with Crippen molar-refractivity contribution in [3.05, 3.63) is 205 Å². The van der Waals surface area contributed by atoms with Crippen LogP contribution in [0.2, 0.25) is 0 Å². The first kappa shape index (κ1) is 30.8. The second-order valence-corrected chi connectivity index (χ2v) is 18.1. The molecule has 14 rings (SSSR count). The zero-order valence-electron chi connectivity index (χ0n) is 41.6. The van der Waals surface area contributed by atoms with Gasteiger partial charge in [0.25, 0.3) is 0 Å². The Labute approximate surface area is 396 Å². The largest absolute Gasteiger partial charge is 0.455 e. The fourth-order valence-corrected chi connectivity index (χ4v) is 11.6. The Bertz CT molecular complexity index is 4690. The van der Waals surface area contributed by atoms with E-state index in [9.17, 15) is 2.74 Å². The number of aromatic nitrogens is 4. The number of thiophene rings is 2. The predicted molar refractivity (Wildman–Crippen MR) is 277 cm³/mol. The first-order chi connectivity index (χ1) is 35.6. The van der Waals surface area contributed by atoms with E-state index in [4.69, 9.17) is 26.2 Å². The van der Waals surface area contributed by atoms with Crippen LogP contribution in [0.15, 0.2) is 210 Å². The molecule has 308 valence electrons. The molecule has 0 saturated carbocycles. The summed E-state index contributed by atoms with van der Waals surface area (Å²) in [6, 6.07) is 50.3. The third kappa shape index (κ3) is 5.74. The van der Waals surface area contributed by atoms with E-state index in [1.54, 1.807) is 33.3 Å². The van der Waals surface area contributed by atoms with Crippen molar-refractivity contribution >= 4 is 96.7 Å². The van der Waals surface area contributed by atoms with Crippen LogP contribution in [-0.2, 0) is 0 Å². The molecule has 0 aliphatic heterocycles. The molecule has 14 aromatic rings. The average molecular weight is 886 g/mol. The molecular weight excluding hydrogens is 845 g/mol. The molecule has 0 fully saturated rings. The molecule has 9 aromatic carbocycles. The van der Waals surface area contributed by atoms with Crippen LogP contribution in [0.1, 0.15) is 9.60 Å². The second kappa shape index (κ2) is 14.7. The molecule has 7 heteroatoms. The van der Waals surface area contributed by atoms with Crippen LogP contribution in [0.3, 0.4) is 0 Å². The van der Waals surface area contributed by atoms with Crippen LogP contribution in [0, 0.1) is 0 Å². The van der Waals surface area contributed by atoms with Crippen LogP contribution in [-0.4, -0.2) is 19.5 Å². The number of hydrogen-bond donors (Lipinski definition) is 0. The van der Waals surface area contributed by atoms with E-state index in [0.29, 0.717) is 28.7 Å². The van der Waals surface area contributed by atoms with Crippen molar-refractivity contribution in [2.75, 3.05) is 0 Å². The lowest BCUT2D eigenvalue weighted by Crippen LogP contribution is -2.03. The fraction of sp³-hybridized carbons (Fsp3) is 0. The van der Waals surface area contributed by atoms with Gasteiger partial charge in [-0.25, -0.2) is 15.0 Å². The number of furan rings is 1. The van der Waals surface area contributed by atoms with Gasteiger partial charge in [0.15, 0.2) is 17.5 Å². The van der Waals surface area contributed by atoms with E-state index in [1.807, 2.05) is 66.0 Å². The van der Waals surface area contributed by atoms with Crippen molar-refractivity contribution in [1.82, 2.24) is 19.5 Å². The van der Waals surface area contributed by atoms with Crippen molar-refractivity contribution < 1.29 is 14.0 Å². The van der Waals surface area contributed by atoms with Crippen molar-refractivity contribution in [3.8, 4) is 62.1 Å². The minimum atomic E-state index is -0.464. The van der Waals surface area contributed by atoms with Crippen molar-refractivity contribution in [2.45, 2.75) is 0 Å². The molecule has 0 bridgehead atoms. The Balaban J connectivity index is 0.952. The highest BCUT2D eigenvalue weighted by atomic mass is 32.1. The monoisotopic (exact) mass is 885 g/mol. The lowest BCUT2D eigenvalue weighted by Gasteiger charge is -2.15. The summed E-state index contributed by atoms with van der Waals surface area (Å²) in [6.45, 7) is 0. The number of benzene rings is 9. The molecule has 0 aliphatic rings. The Morgan fingerprint density at radius 3 is 2.11 bits per heavy atom. The Morgan fingerprint density at radius 2 is 1.15 bits per heavy atom. The third-order valence-electron chi connectivity index (χ3n) is 12.5. The molecule has 5 aromatic heterocycles. The van der Waals surface area contributed by atoms with Gasteiger partial charge >= 0.3 is 0 Å². The predicted octanol–water partition coefficient (Wildman–Crippen LogP) is 16.8. The van der Waals surface area contributed by atoms with Gasteiger partial charge in [0.05, 0.1) is 26.3 Å². The van der Waals surface area contributed by atoms with E-state index < -0.39 is 12.1 Å². The van der Waals surface area contributed by atoms with Gasteiger partial charge in [-0.2, -0.15) is 0 Å². The van der Waals surface area contributed by atoms with Crippen molar-refractivity contribution in [2.24, 2.45) is 0 Å². The number of hydrogen-bond acceptors (Lipinski definition) is 6. The summed E-state index contributed by atoms with van der Waals surface area (Å²) >= 11 is 3.35. The molecule has 0 saturated heterocycles. The van der Waals surface area contributed by atoms with Crippen LogP contribution in [0.25, 0.3) is 136 Å². The van der Waals surface area contributed by atoms with Gasteiger partial charge < -0.3 is 8.98 Å². The van der Waals surface area contributed by atoms with Crippen LogP contribution < -0.4 is 0 Å². The van der Waals surface area contributed by atoms with Crippen LogP contribution in [0.4, 0.5) is 0 Å². The second-order valence-electron chi connectivity index (χ2n) is 16.2. The number of nitrogens with zero attached hydrogens (tertiary/aromatic N) is 4. The summed E-state index contributed by atoms with van der Waals surface area (Å²) in [5.74, 6) is 1.14. The Kier molecular flexibility index (Phi) is 6.83. The van der Waals surface area contributed by atoms with Gasteiger partial charge in [-0.1, -0.05) is 139 Å². The molecule has 5 heterocycles. The molecule has 0 radical (unpaired) electrons. The zero-order chi connectivity index (χ0) is 49.4.